The highest BCUT2D eigenvalue weighted by molar-refractivity contribution is 6.26. The standard InChI is InChI=1S/C16H17N3O3/c1-18(2)13-7-6-12-14-10(13)4-3-5-11(14)15(20)19(16(12)21)8-9-22-17/h3-7H,8-9,17H2,1-2H3. The van der Waals surface area contributed by atoms with Gasteiger partial charge >= 0.3 is 0 Å². The normalized spacial score (nSPS) is 13.9. The second-order valence-corrected chi connectivity index (χ2v) is 5.39. The first-order valence-electron chi connectivity index (χ1n) is 6.97. The van der Waals surface area contributed by atoms with E-state index in [2.05, 4.69) is 4.84 Å². The van der Waals surface area contributed by atoms with Crippen LogP contribution in [0.3, 0.4) is 0 Å². The second kappa shape index (κ2) is 5.40. The number of anilines is 1. The van der Waals surface area contributed by atoms with Crippen LogP contribution < -0.4 is 10.8 Å². The van der Waals surface area contributed by atoms with Crippen LogP contribution in [0.5, 0.6) is 0 Å². The smallest absolute Gasteiger partial charge is 0.261 e. The topological polar surface area (TPSA) is 75.9 Å². The molecule has 6 heteroatoms. The van der Waals surface area contributed by atoms with Gasteiger partial charge in [0.1, 0.15) is 0 Å². The Balaban J connectivity index is 2.23. The van der Waals surface area contributed by atoms with E-state index in [9.17, 15) is 9.59 Å². The van der Waals surface area contributed by atoms with Crippen molar-refractivity contribution in [1.82, 2.24) is 4.90 Å². The molecule has 2 amide bonds. The molecule has 0 atom stereocenters. The Labute approximate surface area is 128 Å². The van der Waals surface area contributed by atoms with E-state index in [1.807, 2.05) is 37.2 Å². The van der Waals surface area contributed by atoms with Gasteiger partial charge in [0.2, 0.25) is 0 Å². The average molecular weight is 299 g/mol. The summed E-state index contributed by atoms with van der Waals surface area (Å²) in [6, 6.07) is 9.17. The third-order valence-electron chi connectivity index (χ3n) is 3.88. The van der Waals surface area contributed by atoms with Crippen LogP contribution in [0, 0.1) is 0 Å². The van der Waals surface area contributed by atoms with Gasteiger partial charge in [-0.05, 0) is 18.2 Å². The van der Waals surface area contributed by atoms with Crippen LogP contribution in [-0.2, 0) is 4.84 Å². The number of rotatable bonds is 4. The Morgan fingerprint density at radius 3 is 2.41 bits per heavy atom. The lowest BCUT2D eigenvalue weighted by Crippen LogP contribution is -2.42. The van der Waals surface area contributed by atoms with E-state index >= 15 is 0 Å². The average Bonchev–Trinajstić information content (AvgIpc) is 2.51. The predicted octanol–water partition coefficient (Wildman–Crippen LogP) is 1.39. The molecule has 0 aliphatic carbocycles. The predicted molar refractivity (Wildman–Crippen MR) is 83.8 cm³/mol. The molecule has 1 aliphatic heterocycles. The molecule has 0 fully saturated rings. The summed E-state index contributed by atoms with van der Waals surface area (Å²) in [6.45, 7) is 0.248. The summed E-state index contributed by atoms with van der Waals surface area (Å²) in [5.74, 6) is 4.39. The Kier molecular flexibility index (Phi) is 3.56. The monoisotopic (exact) mass is 299 g/mol. The highest BCUT2D eigenvalue weighted by Crippen LogP contribution is 2.35. The van der Waals surface area contributed by atoms with Crippen molar-refractivity contribution in [3.63, 3.8) is 0 Å². The molecule has 0 saturated carbocycles. The van der Waals surface area contributed by atoms with E-state index in [1.54, 1.807) is 12.1 Å². The minimum Gasteiger partial charge on any atom is -0.377 e. The maximum absolute atomic E-state index is 12.6. The van der Waals surface area contributed by atoms with Gasteiger partial charge in [-0.1, -0.05) is 12.1 Å². The summed E-state index contributed by atoms with van der Waals surface area (Å²) in [5, 5.41) is 1.62. The molecule has 0 bridgehead atoms. The van der Waals surface area contributed by atoms with Crippen molar-refractivity contribution in [2.45, 2.75) is 0 Å². The number of amides is 2. The number of hydrogen-bond acceptors (Lipinski definition) is 5. The highest BCUT2D eigenvalue weighted by Gasteiger charge is 2.33. The van der Waals surface area contributed by atoms with Gasteiger partial charge in [0.15, 0.2) is 0 Å². The van der Waals surface area contributed by atoms with Gasteiger partial charge in [-0.2, -0.15) is 0 Å². The zero-order chi connectivity index (χ0) is 15.9. The third-order valence-corrected chi connectivity index (χ3v) is 3.88. The SMILES string of the molecule is CN(C)c1ccc2c3c(cccc13)C(=O)N(CCON)C2=O. The van der Waals surface area contributed by atoms with Crippen molar-refractivity contribution in [3.8, 4) is 0 Å². The van der Waals surface area contributed by atoms with E-state index in [1.165, 1.54) is 4.90 Å². The third kappa shape index (κ3) is 2.04. The molecule has 0 unspecified atom stereocenters. The molecule has 0 radical (unpaired) electrons. The molecule has 2 N–H and O–H groups in total. The van der Waals surface area contributed by atoms with Crippen LogP contribution in [0.4, 0.5) is 5.69 Å². The van der Waals surface area contributed by atoms with E-state index in [0.29, 0.717) is 16.5 Å². The quantitative estimate of drug-likeness (QED) is 0.682. The summed E-state index contributed by atoms with van der Waals surface area (Å²) in [5.41, 5.74) is 2.04. The highest BCUT2D eigenvalue weighted by atomic mass is 16.6. The maximum Gasteiger partial charge on any atom is 0.261 e. The van der Waals surface area contributed by atoms with Crippen molar-refractivity contribution < 1.29 is 14.4 Å². The molecule has 0 saturated heterocycles. The van der Waals surface area contributed by atoms with E-state index in [-0.39, 0.29) is 25.0 Å². The Morgan fingerprint density at radius 1 is 1.09 bits per heavy atom. The molecule has 1 aliphatic rings. The second-order valence-electron chi connectivity index (χ2n) is 5.39. The summed E-state index contributed by atoms with van der Waals surface area (Å²) in [4.78, 5) is 32.8. The molecule has 0 spiro atoms. The molecular formula is C16H17N3O3. The molecule has 22 heavy (non-hydrogen) atoms. The van der Waals surface area contributed by atoms with E-state index in [0.717, 1.165) is 11.1 Å². The van der Waals surface area contributed by atoms with E-state index < -0.39 is 0 Å². The molecule has 6 nitrogen and oxygen atoms in total. The summed E-state index contributed by atoms with van der Waals surface area (Å²) >= 11 is 0. The molecule has 3 rings (SSSR count). The fourth-order valence-corrected chi connectivity index (χ4v) is 2.87. The van der Waals surface area contributed by atoms with Gasteiger partial charge in [-0.15, -0.1) is 0 Å². The number of hydrogen-bond donors (Lipinski definition) is 1. The minimum atomic E-state index is -0.309. The maximum atomic E-state index is 12.6. The molecule has 0 aromatic heterocycles. The number of carbonyl (C=O) groups excluding carboxylic acids is 2. The van der Waals surface area contributed by atoms with Gasteiger partial charge in [-0.25, -0.2) is 5.90 Å². The lowest BCUT2D eigenvalue weighted by molar-refractivity contribution is 0.0523. The molecule has 2 aromatic rings. The number of nitrogens with zero attached hydrogens (tertiary/aromatic N) is 2. The van der Waals surface area contributed by atoms with E-state index in [4.69, 9.17) is 5.90 Å². The van der Waals surface area contributed by atoms with Crippen LogP contribution in [0.1, 0.15) is 20.7 Å². The van der Waals surface area contributed by atoms with Crippen molar-refractivity contribution >= 4 is 28.3 Å². The molecule has 2 aromatic carbocycles. The minimum absolute atomic E-state index is 0.110. The number of nitrogens with two attached hydrogens (primary N) is 1. The van der Waals surface area contributed by atoms with Gasteiger partial charge < -0.3 is 9.74 Å². The van der Waals surface area contributed by atoms with Crippen molar-refractivity contribution in [2.75, 3.05) is 32.1 Å². The zero-order valence-electron chi connectivity index (χ0n) is 12.5. The summed E-state index contributed by atoms with van der Waals surface area (Å²) in [6.07, 6.45) is 0. The number of carbonyl (C=O) groups is 2. The van der Waals surface area contributed by atoms with Gasteiger partial charge in [0, 0.05) is 41.7 Å². The van der Waals surface area contributed by atoms with Crippen LogP contribution in [-0.4, -0.2) is 44.0 Å². The van der Waals surface area contributed by atoms with Crippen LogP contribution in [0.2, 0.25) is 0 Å². The molecular weight excluding hydrogens is 282 g/mol. The Bertz CT molecular complexity index is 748. The number of imide groups is 1. The first-order chi connectivity index (χ1) is 10.6. The lowest BCUT2D eigenvalue weighted by atomic mass is 9.93. The summed E-state index contributed by atoms with van der Waals surface area (Å²) in [7, 11) is 3.86. The van der Waals surface area contributed by atoms with Crippen molar-refractivity contribution in [2.24, 2.45) is 5.90 Å². The first-order valence-corrected chi connectivity index (χ1v) is 6.97. The largest absolute Gasteiger partial charge is 0.377 e. The molecule has 1 heterocycles. The molecule has 114 valence electrons. The van der Waals surface area contributed by atoms with Gasteiger partial charge in [0.25, 0.3) is 11.8 Å². The summed E-state index contributed by atoms with van der Waals surface area (Å²) < 4.78 is 0. The van der Waals surface area contributed by atoms with Crippen LogP contribution in [0.15, 0.2) is 30.3 Å². The Morgan fingerprint density at radius 2 is 1.77 bits per heavy atom. The fourth-order valence-electron chi connectivity index (χ4n) is 2.87. The lowest BCUT2D eigenvalue weighted by Gasteiger charge is -2.28. The van der Waals surface area contributed by atoms with Crippen molar-refractivity contribution in [3.05, 3.63) is 41.5 Å². The Hall–Kier alpha value is -2.44. The first kappa shape index (κ1) is 14.5. The van der Waals surface area contributed by atoms with Crippen LogP contribution >= 0.6 is 0 Å². The van der Waals surface area contributed by atoms with Gasteiger partial charge in [-0.3, -0.25) is 14.5 Å². The fraction of sp³-hybridized carbons (Fsp3) is 0.250. The van der Waals surface area contributed by atoms with Crippen molar-refractivity contribution in [1.29, 1.82) is 0 Å². The van der Waals surface area contributed by atoms with Gasteiger partial charge in [0.05, 0.1) is 13.2 Å². The van der Waals surface area contributed by atoms with Crippen LogP contribution in [0.25, 0.3) is 10.8 Å². The zero-order valence-corrected chi connectivity index (χ0v) is 12.5. The number of benzene rings is 2.